The number of rotatable bonds is 3. The minimum atomic E-state index is 0.104. The molecule has 0 fully saturated rings. The molecular formula is C18H15N3O2. The summed E-state index contributed by atoms with van der Waals surface area (Å²) in [6, 6.07) is 13.2. The monoisotopic (exact) mass is 305 g/mol. The number of aromatic nitrogens is 2. The molecule has 3 aromatic rings. The Morgan fingerprint density at radius 2 is 2.13 bits per heavy atom. The van der Waals surface area contributed by atoms with Crippen molar-refractivity contribution >= 4 is 22.7 Å². The summed E-state index contributed by atoms with van der Waals surface area (Å²) in [6.45, 7) is 1.78. The fourth-order valence-electron chi connectivity index (χ4n) is 2.41. The number of fused-ring (bicyclic) bond motifs is 1. The van der Waals surface area contributed by atoms with E-state index in [0.717, 1.165) is 16.6 Å². The predicted octanol–water partition coefficient (Wildman–Crippen LogP) is 3.65. The number of benzene rings is 2. The predicted molar refractivity (Wildman–Crippen MR) is 89.0 cm³/mol. The van der Waals surface area contributed by atoms with Gasteiger partial charge in [-0.15, -0.1) is 0 Å². The van der Waals surface area contributed by atoms with Gasteiger partial charge in [0, 0.05) is 0 Å². The zero-order valence-electron chi connectivity index (χ0n) is 12.8. The lowest BCUT2D eigenvalue weighted by Gasteiger charge is -2.07. The Kier molecular flexibility index (Phi) is 3.73. The fraction of sp³-hybridized carbons (Fsp3) is 0.111. The lowest BCUT2D eigenvalue weighted by atomic mass is 10.1. The van der Waals surface area contributed by atoms with E-state index in [-0.39, 0.29) is 5.75 Å². The Labute approximate surface area is 133 Å². The van der Waals surface area contributed by atoms with E-state index in [1.807, 2.05) is 24.3 Å². The summed E-state index contributed by atoms with van der Waals surface area (Å²) in [5.74, 6) is 0.989. The van der Waals surface area contributed by atoms with E-state index in [1.54, 1.807) is 25.1 Å². The first kappa shape index (κ1) is 14.7. The number of aromatic amines is 1. The molecule has 0 unspecified atom stereocenters. The second-order valence-electron chi connectivity index (χ2n) is 5.16. The molecule has 0 bridgehead atoms. The van der Waals surface area contributed by atoms with Gasteiger partial charge in [-0.05, 0) is 48.4 Å². The Morgan fingerprint density at radius 1 is 1.35 bits per heavy atom. The van der Waals surface area contributed by atoms with Crippen LogP contribution in [0.25, 0.3) is 22.7 Å². The number of aryl methyl sites for hydroxylation is 1. The van der Waals surface area contributed by atoms with E-state index in [9.17, 15) is 10.4 Å². The molecule has 0 aliphatic heterocycles. The molecule has 0 aliphatic rings. The van der Waals surface area contributed by atoms with Crippen molar-refractivity contribution in [2.45, 2.75) is 6.92 Å². The van der Waals surface area contributed by atoms with Crippen LogP contribution in [0.1, 0.15) is 17.0 Å². The van der Waals surface area contributed by atoms with Crippen LogP contribution >= 0.6 is 0 Å². The van der Waals surface area contributed by atoms with Crippen LogP contribution in [0.3, 0.4) is 0 Å². The zero-order valence-corrected chi connectivity index (χ0v) is 12.8. The van der Waals surface area contributed by atoms with Crippen molar-refractivity contribution in [3.05, 3.63) is 53.3 Å². The first-order valence-corrected chi connectivity index (χ1v) is 7.07. The quantitative estimate of drug-likeness (QED) is 0.724. The Balaban J connectivity index is 2.09. The van der Waals surface area contributed by atoms with Crippen LogP contribution in [0.4, 0.5) is 0 Å². The van der Waals surface area contributed by atoms with Gasteiger partial charge < -0.3 is 14.8 Å². The number of para-hydroxylation sites is 2. The highest BCUT2D eigenvalue weighted by atomic mass is 16.5. The summed E-state index contributed by atoms with van der Waals surface area (Å²) < 4.78 is 5.15. The topological polar surface area (TPSA) is 81.9 Å². The number of phenolic OH excluding ortho intramolecular Hbond substituents is 1. The molecule has 5 nitrogen and oxygen atoms in total. The van der Waals surface area contributed by atoms with Gasteiger partial charge in [0.1, 0.15) is 11.9 Å². The molecule has 0 aliphatic carbocycles. The number of imidazole rings is 1. The second kappa shape index (κ2) is 5.85. The van der Waals surface area contributed by atoms with Crippen LogP contribution in [-0.4, -0.2) is 22.2 Å². The van der Waals surface area contributed by atoms with Crippen molar-refractivity contribution in [2.24, 2.45) is 0 Å². The van der Waals surface area contributed by atoms with Crippen molar-refractivity contribution in [1.82, 2.24) is 9.97 Å². The number of aromatic hydroxyl groups is 1. The molecule has 0 spiro atoms. The van der Waals surface area contributed by atoms with E-state index in [1.165, 1.54) is 7.11 Å². The van der Waals surface area contributed by atoms with Gasteiger partial charge in [0.25, 0.3) is 0 Å². The van der Waals surface area contributed by atoms with Crippen molar-refractivity contribution in [2.75, 3.05) is 7.11 Å². The van der Waals surface area contributed by atoms with Gasteiger partial charge in [0.15, 0.2) is 11.5 Å². The fourth-order valence-corrected chi connectivity index (χ4v) is 2.41. The second-order valence-corrected chi connectivity index (χ2v) is 5.16. The molecule has 0 atom stereocenters. The molecule has 114 valence electrons. The summed E-state index contributed by atoms with van der Waals surface area (Å²) in [4.78, 5) is 7.57. The Hall–Kier alpha value is -3.26. The maximum absolute atomic E-state index is 9.90. The van der Waals surface area contributed by atoms with Gasteiger partial charge in [-0.1, -0.05) is 12.1 Å². The maximum atomic E-state index is 9.90. The van der Waals surface area contributed by atoms with Crippen LogP contribution in [0.15, 0.2) is 36.4 Å². The number of nitriles is 1. The highest BCUT2D eigenvalue weighted by molar-refractivity contribution is 5.90. The number of allylic oxidation sites excluding steroid dienone is 1. The Bertz CT molecular complexity index is 916. The SMILES string of the molecule is COc1cc(/C=C(\C#N)c2nc3ccccc3[nH]2)cc(C)c1O. The number of hydrogen-bond acceptors (Lipinski definition) is 4. The van der Waals surface area contributed by atoms with Crippen LogP contribution < -0.4 is 4.74 Å². The van der Waals surface area contributed by atoms with E-state index in [0.29, 0.717) is 22.7 Å². The van der Waals surface area contributed by atoms with Crippen LogP contribution in [0, 0.1) is 18.3 Å². The van der Waals surface area contributed by atoms with Crippen LogP contribution in [0.5, 0.6) is 11.5 Å². The van der Waals surface area contributed by atoms with Gasteiger partial charge in [0.2, 0.25) is 0 Å². The normalized spacial score (nSPS) is 11.4. The number of ether oxygens (including phenoxy) is 1. The van der Waals surface area contributed by atoms with E-state index >= 15 is 0 Å². The minimum Gasteiger partial charge on any atom is -0.504 e. The van der Waals surface area contributed by atoms with Crippen molar-refractivity contribution in [3.63, 3.8) is 0 Å². The standard InChI is InChI=1S/C18H15N3O2/c1-11-7-12(9-16(23-2)17(11)22)8-13(10-19)18-20-14-5-3-4-6-15(14)21-18/h3-9,22H,1-2H3,(H,20,21)/b13-8+. The molecular weight excluding hydrogens is 290 g/mol. The van der Waals surface area contributed by atoms with Crippen LogP contribution in [0.2, 0.25) is 0 Å². The lowest BCUT2D eigenvalue weighted by molar-refractivity contribution is 0.371. The van der Waals surface area contributed by atoms with Gasteiger partial charge in [-0.25, -0.2) is 4.98 Å². The van der Waals surface area contributed by atoms with E-state index < -0.39 is 0 Å². The largest absolute Gasteiger partial charge is 0.504 e. The first-order valence-electron chi connectivity index (χ1n) is 7.07. The molecule has 0 saturated carbocycles. The molecule has 23 heavy (non-hydrogen) atoms. The number of phenols is 1. The summed E-state index contributed by atoms with van der Waals surface area (Å²) >= 11 is 0. The summed E-state index contributed by atoms with van der Waals surface area (Å²) in [6.07, 6.45) is 1.71. The van der Waals surface area contributed by atoms with Crippen LogP contribution in [-0.2, 0) is 0 Å². The summed E-state index contributed by atoms with van der Waals surface area (Å²) in [7, 11) is 1.49. The maximum Gasteiger partial charge on any atom is 0.161 e. The Morgan fingerprint density at radius 3 is 2.83 bits per heavy atom. The van der Waals surface area contributed by atoms with E-state index in [4.69, 9.17) is 4.74 Å². The van der Waals surface area contributed by atoms with Gasteiger partial charge >= 0.3 is 0 Å². The smallest absolute Gasteiger partial charge is 0.161 e. The third kappa shape index (κ3) is 2.74. The molecule has 5 heteroatoms. The highest BCUT2D eigenvalue weighted by Crippen LogP contribution is 2.32. The number of hydrogen-bond donors (Lipinski definition) is 2. The molecule has 2 N–H and O–H groups in total. The molecule has 0 radical (unpaired) electrons. The number of methoxy groups -OCH3 is 1. The number of nitrogens with zero attached hydrogens (tertiary/aromatic N) is 2. The molecule has 1 aromatic heterocycles. The molecule has 1 heterocycles. The molecule has 2 aromatic carbocycles. The van der Waals surface area contributed by atoms with Crippen molar-refractivity contribution < 1.29 is 9.84 Å². The third-order valence-electron chi connectivity index (χ3n) is 3.58. The minimum absolute atomic E-state index is 0.104. The zero-order chi connectivity index (χ0) is 16.4. The number of nitrogens with one attached hydrogen (secondary N) is 1. The molecule has 0 amide bonds. The molecule has 0 saturated heterocycles. The van der Waals surface area contributed by atoms with Gasteiger partial charge in [-0.2, -0.15) is 5.26 Å². The van der Waals surface area contributed by atoms with Gasteiger partial charge in [-0.3, -0.25) is 0 Å². The highest BCUT2D eigenvalue weighted by Gasteiger charge is 2.10. The first-order chi connectivity index (χ1) is 11.1. The van der Waals surface area contributed by atoms with Crippen molar-refractivity contribution in [1.29, 1.82) is 5.26 Å². The summed E-state index contributed by atoms with van der Waals surface area (Å²) in [5.41, 5.74) is 3.53. The summed E-state index contributed by atoms with van der Waals surface area (Å²) in [5, 5.41) is 19.4. The third-order valence-corrected chi connectivity index (χ3v) is 3.58. The van der Waals surface area contributed by atoms with Gasteiger partial charge in [0.05, 0.1) is 23.7 Å². The average molecular weight is 305 g/mol. The van der Waals surface area contributed by atoms with E-state index in [2.05, 4.69) is 16.0 Å². The lowest BCUT2D eigenvalue weighted by Crippen LogP contribution is -1.89. The average Bonchev–Trinajstić information content (AvgIpc) is 2.99. The number of H-pyrrole nitrogens is 1. The molecule has 3 rings (SSSR count). The van der Waals surface area contributed by atoms with Crippen molar-refractivity contribution in [3.8, 4) is 17.6 Å².